The van der Waals surface area contributed by atoms with E-state index in [4.69, 9.17) is 10.7 Å². The van der Waals surface area contributed by atoms with Gasteiger partial charge in [0.05, 0.1) is 0 Å². The molecule has 10 heteroatoms. The largest absolute Gasteiger partial charge is 0.384 e. The van der Waals surface area contributed by atoms with Gasteiger partial charge in [-0.1, -0.05) is 23.4 Å². The van der Waals surface area contributed by atoms with Gasteiger partial charge in [-0.25, -0.2) is 4.98 Å². The lowest BCUT2D eigenvalue weighted by molar-refractivity contribution is -0.125. The summed E-state index contributed by atoms with van der Waals surface area (Å²) in [7, 11) is 0. The molecule has 6 N–H and O–H groups in total. The Kier molecular flexibility index (Phi) is 8.34. The number of nitrogen functional groups attached to an aromatic ring is 1. The van der Waals surface area contributed by atoms with Gasteiger partial charge >= 0.3 is 0 Å². The highest BCUT2D eigenvalue weighted by molar-refractivity contribution is 6.02. The first-order chi connectivity index (χ1) is 15.5. The first-order valence-corrected chi connectivity index (χ1v) is 10.7. The van der Waals surface area contributed by atoms with Gasteiger partial charge in [0, 0.05) is 12.2 Å². The van der Waals surface area contributed by atoms with Crippen LogP contribution in [0.1, 0.15) is 31.0 Å². The summed E-state index contributed by atoms with van der Waals surface area (Å²) >= 11 is 0. The van der Waals surface area contributed by atoms with Crippen molar-refractivity contribution in [3.8, 4) is 0 Å². The average molecular weight is 442 g/mol. The molecule has 3 unspecified atom stereocenters. The van der Waals surface area contributed by atoms with E-state index in [0.29, 0.717) is 18.8 Å². The molecule has 0 bridgehead atoms. The Hall–Kier alpha value is -3.24. The number of carbonyl (C=O) groups excluding carboxylic acids is 2. The van der Waals surface area contributed by atoms with Gasteiger partial charge in [0.2, 0.25) is 12.3 Å². The molecule has 1 saturated heterocycles. The zero-order chi connectivity index (χ0) is 22.9. The van der Waals surface area contributed by atoms with Gasteiger partial charge in [-0.15, -0.1) is 5.48 Å². The number of allylic oxidation sites excluding steroid dienone is 2. The number of pyridine rings is 1. The van der Waals surface area contributed by atoms with Crippen molar-refractivity contribution in [2.75, 3.05) is 18.8 Å². The van der Waals surface area contributed by atoms with Gasteiger partial charge in [0.15, 0.2) is 0 Å². The molecular formula is C22H31N7O3. The molecule has 4 rings (SSSR count). The first kappa shape index (κ1) is 23.4. The van der Waals surface area contributed by atoms with E-state index in [9.17, 15) is 9.59 Å². The van der Waals surface area contributed by atoms with Crippen molar-refractivity contribution in [2.45, 2.75) is 45.3 Å². The molecule has 1 fully saturated rings. The van der Waals surface area contributed by atoms with Gasteiger partial charge in [0.25, 0.3) is 0 Å². The molecule has 0 spiro atoms. The molecule has 3 atom stereocenters. The van der Waals surface area contributed by atoms with E-state index in [1.165, 1.54) is 12.0 Å². The summed E-state index contributed by atoms with van der Waals surface area (Å²) < 4.78 is 0. The number of rotatable bonds is 7. The van der Waals surface area contributed by atoms with Crippen LogP contribution in [0, 0.1) is 12.8 Å². The third-order valence-electron chi connectivity index (χ3n) is 5.55. The maximum absolute atomic E-state index is 11.5. The van der Waals surface area contributed by atoms with Crippen LogP contribution in [-0.2, 0) is 21.1 Å². The van der Waals surface area contributed by atoms with Crippen molar-refractivity contribution in [1.82, 2.24) is 26.4 Å². The maximum Gasteiger partial charge on any atom is 0.242 e. The number of aromatic nitrogens is 1. The van der Waals surface area contributed by atoms with Crippen LogP contribution in [0.4, 0.5) is 5.82 Å². The number of nitrogens with one attached hydrogen (secondary N) is 4. The zero-order valence-electron chi connectivity index (χ0n) is 18.4. The molecule has 32 heavy (non-hydrogen) atoms. The summed E-state index contributed by atoms with van der Waals surface area (Å²) in [5.74, 6) is 0.996. The Balaban J connectivity index is 0.000000181. The lowest BCUT2D eigenvalue weighted by atomic mass is 9.93. The lowest BCUT2D eigenvalue weighted by Crippen LogP contribution is -2.41. The van der Waals surface area contributed by atoms with Crippen molar-refractivity contribution < 1.29 is 14.5 Å². The first-order valence-electron chi connectivity index (χ1n) is 10.7. The number of oxime groups is 1. The van der Waals surface area contributed by atoms with E-state index >= 15 is 0 Å². The van der Waals surface area contributed by atoms with E-state index < -0.39 is 6.04 Å². The minimum Gasteiger partial charge on any atom is -0.384 e. The Morgan fingerprint density at radius 2 is 2.28 bits per heavy atom. The molecule has 3 heterocycles. The monoisotopic (exact) mass is 441 g/mol. The van der Waals surface area contributed by atoms with E-state index in [2.05, 4.69) is 49.8 Å². The van der Waals surface area contributed by atoms with Crippen LogP contribution < -0.4 is 27.2 Å². The number of nitrogens with zero attached hydrogens (tertiary/aromatic N) is 2. The molecular weight excluding hydrogens is 410 g/mol. The van der Waals surface area contributed by atoms with Crippen molar-refractivity contribution in [3.63, 3.8) is 0 Å². The van der Waals surface area contributed by atoms with Crippen LogP contribution in [0.25, 0.3) is 0 Å². The number of carbonyl (C=O) groups is 2. The van der Waals surface area contributed by atoms with E-state index in [1.54, 1.807) is 13.0 Å². The number of anilines is 1. The molecule has 3 aliphatic rings. The van der Waals surface area contributed by atoms with Crippen molar-refractivity contribution in [3.05, 3.63) is 47.2 Å². The third kappa shape index (κ3) is 6.63. The number of fused-ring (bicyclic) bond motifs is 1. The van der Waals surface area contributed by atoms with E-state index in [-0.39, 0.29) is 11.9 Å². The van der Waals surface area contributed by atoms with E-state index in [0.717, 1.165) is 42.4 Å². The van der Waals surface area contributed by atoms with Crippen molar-refractivity contribution in [1.29, 1.82) is 0 Å². The molecule has 1 aliphatic carbocycles. The van der Waals surface area contributed by atoms with Crippen LogP contribution in [-0.4, -0.2) is 48.2 Å². The second-order valence-corrected chi connectivity index (χ2v) is 8.05. The normalized spacial score (nSPS) is 21.8. The Morgan fingerprint density at radius 1 is 1.44 bits per heavy atom. The van der Waals surface area contributed by atoms with Gasteiger partial charge in [-0.2, -0.15) is 0 Å². The number of aryl methyl sites for hydroxylation is 1. The number of amides is 2. The van der Waals surface area contributed by atoms with Gasteiger partial charge in [-0.05, 0) is 69.0 Å². The Labute approximate surface area is 187 Å². The summed E-state index contributed by atoms with van der Waals surface area (Å²) in [4.78, 5) is 30.6. The lowest BCUT2D eigenvalue weighted by Gasteiger charge is -2.13. The number of nitrogens with two attached hydrogens (primary N) is 1. The predicted molar refractivity (Wildman–Crippen MR) is 122 cm³/mol. The Morgan fingerprint density at radius 3 is 3.00 bits per heavy atom. The molecule has 172 valence electrons. The molecule has 2 amide bonds. The Bertz CT molecular complexity index is 907. The molecule has 1 aromatic rings. The average Bonchev–Trinajstić information content (AvgIpc) is 3.45. The minimum absolute atomic E-state index is 0.162. The minimum atomic E-state index is -0.547. The van der Waals surface area contributed by atoms with Crippen molar-refractivity contribution in [2.24, 2.45) is 11.1 Å². The highest BCUT2D eigenvalue weighted by Gasteiger charge is 2.23. The highest BCUT2D eigenvalue weighted by atomic mass is 16.8. The van der Waals surface area contributed by atoms with Crippen LogP contribution in [0.5, 0.6) is 0 Å². The second-order valence-electron chi connectivity index (χ2n) is 8.05. The van der Waals surface area contributed by atoms with Crippen LogP contribution in [0.2, 0.25) is 0 Å². The van der Waals surface area contributed by atoms with Gasteiger partial charge in [0.1, 0.15) is 23.6 Å². The van der Waals surface area contributed by atoms with Crippen molar-refractivity contribution >= 4 is 23.8 Å². The maximum atomic E-state index is 11.5. The summed E-state index contributed by atoms with van der Waals surface area (Å²) in [5.41, 5.74) is 12.4. The molecule has 2 aliphatic heterocycles. The zero-order valence-corrected chi connectivity index (χ0v) is 18.4. The summed E-state index contributed by atoms with van der Waals surface area (Å²) in [6, 6.07) is 3.11. The van der Waals surface area contributed by atoms with Crippen LogP contribution in [0.15, 0.2) is 41.1 Å². The molecule has 0 aromatic carbocycles. The number of hydrogen-bond donors (Lipinski definition) is 5. The SMILES string of the molecule is C1=CC2NON=C2C=C1CC1CCNC1.Cc1nc(N)ccc1CNC(=O)C(C)NC=O. The smallest absolute Gasteiger partial charge is 0.242 e. The van der Waals surface area contributed by atoms with Crippen LogP contribution >= 0.6 is 0 Å². The van der Waals surface area contributed by atoms with E-state index in [1.807, 2.05) is 13.0 Å². The van der Waals surface area contributed by atoms with Gasteiger partial charge < -0.3 is 21.7 Å². The summed E-state index contributed by atoms with van der Waals surface area (Å²) in [5, 5.41) is 12.4. The number of hydroxylamine groups is 1. The van der Waals surface area contributed by atoms with Gasteiger partial charge in [-0.3, -0.25) is 14.5 Å². The predicted octanol–water partition coefficient (Wildman–Crippen LogP) is 0.465. The fraction of sp³-hybridized carbons (Fsp3) is 0.455. The fourth-order valence-electron chi connectivity index (χ4n) is 3.62. The molecule has 1 aromatic heterocycles. The quantitative estimate of drug-likeness (QED) is 0.387. The standard InChI is InChI=1S/C11H16N4O2.C11H15N3O/c1-7-9(3-4-10(12)15-7)5-13-11(17)8(2)14-6-16;1-2-10-11(14-15-13-10)6-8(1)5-9-3-4-12-7-9/h3-4,6,8H,5H2,1-2H3,(H2,12,15)(H,13,17)(H,14,16);1-2,6,9-10,12-13H,3-5,7H2. The number of hydrogen-bond acceptors (Lipinski definition) is 8. The second kappa shape index (κ2) is 11.4. The summed E-state index contributed by atoms with van der Waals surface area (Å²) in [6.07, 6.45) is 9.38. The molecule has 0 saturated carbocycles. The molecule has 0 radical (unpaired) electrons. The third-order valence-corrected chi connectivity index (χ3v) is 5.55. The topological polar surface area (TPSA) is 143 Å². The highest BCUT2D eigenvalue weighted by Crippen LogP contribution is 2.22. The fourth-order valence-corrected chi connectivity index (χ4v) is 3.62. The van der Waals surface area contributed by atoms with Crippen LogP contribution in [0.3, 0.4) is 0 Å². The summed E-state index contributed by atoms with van der Waals surface area (Å²) in [6.45, 7) is 6.11. The molecule has 10 nitrogen and oxygen atoms in total.